The molecule has 1 unspecified atom stereocenters. The second-order valence-electron chi connectivity index (χ2n) is 5.27. The number of nitrogens with zero attached hydrogens (tertiary/aromatic N) is 4. The Labute approximate surface area is 132 Å². The van der Waals surface area contributed by atoms with E-state index in [0.717, 1.165) is 21.2 Å². The highest BCUT2D eigenvalue weighted by molar-refractivity contribution is 9.10. The number of hydrogen-bond acceptors (Lipinski definition) is 3. The first-order valence-electron chi connectivity index (χ1n) is 6.96. The second-order valence-corrected chi connectivity index (χ2v) is 6.12. The lowest BCUT2D eigenvalue weighted by atomic mass is 10.1. The summed E-state index contributed by atoms with van der Waals surface area (Å²) in [6, 6.07) is 6.42. The Bertz CT molecular complexity index is 758. The van der Waals surface area contributed by atoms with Gasteiger partial charge >= 0.3 is 0 Å². The zero-order valence-electron chi connectivity index (χ0n) is 12.3. The van der Waals surface area contributed by atoms with Crippen molar-refractivity contribution in [2.24, 2.45) is 0 Å². The zero-order valence-corrected chi connectivity index (χ0v) is 13.9. The molecule has 0 bridgehead atoms. The fourth-order valence-corrected chi connectivity index (χ4v) is 3.15. The minimum Gasteiger partial charge on any atom is -0.308 e. The van der Waals surface area contributed by atoms with Gasteiger partial charge in [-0.2, -0.15) is 10.2 Å². The highest BCUT2D eigenvalue weighted by atomic mass is 79.9. The average molecular weight is 348 g/mol. The van der Waals surface area contributed by atoms with Crippen molar-refractivity contribution in [3.63, 3.8) is 0 Å². The molecule has 0 saturated heterocycles. The predicted octanol–water partition coefficient (Wildman–Crippen LogP) is 3.18. The van der Waals surface area contributed by atoms with Crippen LogP contribution < -0.4 is 5.32 Å². The molecule has 6 heteroatoms. The van der Waals surface area contributed by atoms with Crippen molar-refractivity contribution in [3.05, 3.63) is 52.5 Å². The van der Waals surface area contributed by atoms with Gasteiger partial charge in [0.15, 0.2) is 0 Å². The molecule has 5 nitrogen and oxygen atoms in total. The van der Waals surface area contributed by atoms with Crippen LogP contribution in [0, 0.1) is 0 Å². The minimum atomic E-state index is 0.0316. The first-order valence-corrected chi connectivity index (χ1v) is 7.75. The molecule has 0 aliphatic rings. The molecule has 21 heavy (non-hydrogen) atoms. The summed E-state index contributed by atoms with van der Waals surface area (Å²) in [7, 11) is 1.96. The Balaban J connectivity index is 2.17. The maximum atomic E-state index is 4.48. The standard InChI is InChI=1S/C15H18BrN5/c1-10(2)21-15(12(16)9-19-21)14(17-3)11-8-18-20-7-5-4-6-13(11)20/h4-10,14,17H,1-3H3. The fraction of sp³-hybridized carbons (Fsp3) is 0.333. The monoisotopic (exact) mass is 347 g/mol. The molecule has 1 atom stereocenters. The molecule has 1 N–H and O–H groups in total. The molecule has 0 radical (unpaired) electrons. The van der Waals surface area contributed by atoms with Crippen LogP contribution in [0.4, 0.5) is 0 Å². The average Bonchev–Trinajstić information content (AvgIpc) is 3.06. The van der Waals surface area contributed by atoms with Gasteiger partial charge in [0.25, 0.3) is 0 Å². The third-order valence-corrected chi connectivity index (χ3v) is 4.22. The normalized spacial score (nSPS) is 13.2. The van der Waals surface area contributed by atoms with Crippen LogP contribution in [0.1, 0.15) is 37.2 Å². The molecule has 0 aliphatic heterocycles. The number of aromatic nitrogens is 4. The van der Waals surface area contributed by atoms with Crippen molar-refractivity contribution in [2.75, 3.05) is 7.05 Å². The Kier molecular flexibility index (Phi) is 3.82. The molecule has 0 amide bonds. The van der Waals surface area contributed by atoms with E-state index in [0.29, 0.717) is 6.04 Å². The van der Waals surface area contributed by atoms with Gasteiger partial charge in [0.1, 0.15) is 0 Å². The number of nitrogens with one attached hydrogen (secondary N) is 1. The number of pyridine rings is 1. The summed E-state index contributed by atoms with van der Waals surface area (Å²) < 4.78 is 4.94. The van der Waals surface area contributed by atoms with Crippen LogP contribution in [0.3, 0.4) is 0 Å². The quantitative estimate of drug-likeness (QED) is 0.788. The first kappa shape index (κ1) is 14.3. The Morgan fingerprint density at radius 2 is 2.00 bits per heavy atom. The van der Waals surface area contributed by atoms with Crippen LogP contribution in [0.15, 0.2) is 41.3 Å². The van der Waals surface area contributed by atoms with E-state index in [-0.39, 0.29) is 6.04 Å². The number of fused-ring (bicyclic) bond motifs is 1. The Morgan fingerprint density at radius 1 is 1.19 bits per heavy atom. The smallest absolute Gasteiger partial charge is 0.0794 e. The van der Waals surface area contributed by atoms with E-state index >= 15 is 0 Å². The van der Waals surface area contributed by atoms with Gasteiger partial charge in [0, 0.05) is 17.8 Å². The topological polar surface area (TPSA) is 47.1 Å². The van der Waals surface area contributed by atoms with Crippen LogP contribution in [0.2, 0.25) is 0 Å². The summed E-state index contributed by atoms with van der Waals surface area (Å²) in [4.78, 5) is 0. The molecule has 110 valence electrons. The molecule has 3 aromatic rings. The van der Waals surface area contributed by atoms with Gasteiger partial charge in [0.05, 0.1) is 34.1 Å². The summed E-state index contributed by atoms with van der Waals surface area (Å²) in [5.74, 6) is 0. The van der Waals surface area contributed by atoms with Crippen molar-refractivity contribution in [1.29, 1.82) is 0 Å². The van der Waals surface area contributed by atoms with Gasteiger partial charge in [-0.1, -0.05) is 6.07 Å². The third kappa shape index (κ3) is 2.38. The van der Waals surface area contributed by atoms with E-state index in [1.807, 2.05) is 47.0 Å². The number of hydrogen-bond donors (Lipinski definition) is 1. The number of rotatable bonds is 4. The van der Waals surface area contributed by atoms with E-state index in [2.05, 4.69) is 51.4 Å². The van der Waals surface area contributed by atoms with Crippen molar-refractivity contribution in [2.45, 2.75) is 25.9 Å². The molecule has 3 aromatic heterocycles. The summed E-state index contributed by atoms with van der Waals surface area (Å²) in [6.45, 7) is 4.26. The Hall–Kier alpha value is -1.66. The van der Waals surface area contributed by atoms with Gasteiger partial charge in [-0.3, -0.25) is 4.68 Å². The molecule has 0 aliphatic carbocycles. The van der Waals surface area contributed by atoms with E-state index in [1.54, 1.807) is 0 Å². The molecule has 0 saturated carbocycles. The SMILES string of the molecule is CNC(c1cnn2ccccc12)c1c(Br)cnn1C(C)C. The van der Waals surface area contributed by atoms with Gasteiger partial charge in [0.2, 0.25) is 0 Å². The lowest BCUT2D eigenvalue weighted by Gasteiger charge is -2.20. The Morgan fingerprint density at radius 3 is 2.71 bits per heavy atom. The first-order chi connectivity index (χ1) is 10.1. The molecule has 3 rings (SSSR count). The van der Waals surface area contributed by atoms with Crippen LogP contribution in [0.25, 0.3) is 5.52 Å². The van der Waals surface area contributed by atoms with Gasteiger partial charge < -0.3 is 5.32 Å². The lowest BCUT2D eigenvalue weighted by molar-refractivity contribution is 0.484. The van der Waals surface area contributed by atoms with Crippen molar-refractivity contribution >= 4 is 21.4 Å². The highest BCUT2D eigenvalue weighted by Gasteiger charge is 2.24. The van der Waals surface area contributed by atoms with E-state index in [1.165, 1.54) is 0 Å². The second kappa shape index (κ2) is 5.61. The van der Waals surface area contributed by atoms with Crippen LogP contribution in [-0.2, 0) is 0 Å². The van der Waals surface area contributed by atoms with Gasteiger partial charge in [-0.15, -0.1) is 0 Å². The third-order valence-electron chi connectivity index (χ3n) is 3.61. The summed E-state index contributed by atoms with van der Waals surface area (Å²) in [5, 5.41) is 12.3. The summed E-state index contributed by atoms with van der Waals surface area (Å²) >= 11 is 3.63. The van der Waals surface area contributed by atoms with Gasteiger partial charge in [-0.25, -0.2) is 4.52 Å². The molecular weight excluding hydrogens is 330 g/mol. The number of halogens is 1. The van der Waals surface area contributed by atoms with Crippen LogP contribution >= 0.6 is 15.9 Å². The predicted molar refractivity (Wildman–Crippen MR) is 86.4 cm³/mol. The highest BCUT2D eigenvalue weighted by Crippen LogP contribution is 2.32. The largest absolute Gasteiger partial charge is 0.308 e. The van der Waals surface area contributed by atoms with E-state index < -0.39 is 0 Å². The lowest BCUT2D eigenvalue weighted by Crippen LogP contribution is -2.22. The molecular formula is C15H18BrN5. The molecule has 3 heterocycles. The fourth-order valence-electron chi connectivity index (χ4n) is 2.65. The zero-order chi connectivity index (χ0) is 15.0. The summed E-state index contributed by atoms with van der Waals surface area (Å²) in [6.07, 6.45) is 5.73. The molecule has 0 spiro atoms. The van der Waals surface area contributed by atoms with Crippen LogP contribution in [-0.4, -0.2) is 26.4 Å². The van der Waals surface area contributed by atoms with Crippen molar-refractivity contribution in [3.8, 4) is 0 Å². The van der Waals surface area contributed by atoms with E-state index in [9.17, 15) is 0 Å². The summed E-state index contributed by atoms with van der Waals surface area (Å²) in [5.41, 5.74) is 3.35. The minimum absolute atomic E-state index is 0.0316. The van der Waals surface area contributed by atoms with Crippen molar-refractivity contribution in [1.82, 2.24) is 24.7 Å². The molecule has 0 aromatic carbocycles. The van der Waals surface area contributed by atoms with E-state index in [4.69, 9.17) is 0 Å². The van der Waals surface area contributed by atoms with Gasteiger partial charge in [-0.05, 0) is 49.0 Å². The molecule has 0 fully saturated rings. The maximum Gasteiger partial charge on any atom is 0.0794 e. The van der Waals surface area contributed by atoms with Crippen LogP contribution in [0.5, 0.6) is 0 Å². The van der Waals surface area contributed by atoms with Crippen molar-refractivity contribution < 1.29 is 0 Å². The maximum absolute atomic E-state index is 4.48.